The van der Waals surface area contributed by atoms with Gasteiger partial charge in [0.25, 0.3) is 0 Å². The van der Waals surface area contributed by atoms with Crippen molar-refractivity contribution in [2.75, 3.05) is 5.32 Å². The van der Waals surface area contributed by atoms with Crippen molar-refractivity contribution in [3.63, 3.8) is 0 Å². The van der Waals surface area contributed by atoms with Crippen LogP contribution in [0.1, 0.15) is 41.6 Å². The summed E-state index contributed by atoms with van der Waals surface area (Å²) in [7, 11) is 0. The number of pyridine rings is 1. The van der Waals surface area contributed by atoms with Crippen LogP contribution in [0.3, 0.4) is 0 Å². The van der Waals surface area contributed by atoms with E-state index >= 15 is 0 Å². The Balaban J connectivity index is 1.58. The molecular weight excluding hydrogens is 388 g/mol. The van der Waals surface area contributed by atoms with Gasteiger partial charge >= 0.3 is 0 Å². The van der Waals surface area contributed by atoms with Crippen molar-refractivity contribution in [2.24, 2.45) is 0 Å². The van der Waals surface area contributed by atoms with E-state index in [0.29, 0.717) is 12.8 Å². The van der Waals surface area contributed by atoms with Gasteiger partial charge in [-0.2, -0.15) is 0 Å². The smallest absolute Gasteiger partial charge is 0.162 e. The maximum atomic E-state index is 13.5. The topological polar surface area (TPSA) is 75.4 Å². The van der Waals surface area contributed by atoms with E-state index < -0.39 is 0 Å². The van der Waals surface area contributed by atoms with Crippen LogP contribution < -0.4 is 5.32 Å². The third-order valence-electron chi connectivity index (χ3n) is 6.35. The zero-order chi connectivity index (χ0) is 20.9. The first-order valence-corrected chi connectivity index (χ1v) is 10.4. The highest BCUT2D eigenvalue weighted by Crippen LogP contribution is 2.50. The Morgan fingerprint density at radius 1 is 1.03 bits per heavy atom. The van der Waals surface area contributed by atoms with E-state index in [9.17, 15) is 9.90 Å². The molecular formula is C26H20N2O3. The predicted molar refractivity (Wildman–Crippen MR) is 118 cm³/mol. The van der Waals surface area contributed by atoms with Gasteiger partial charge in [0.15, 0.2) is 5.78 Å². The number of nitrogens with zero attached hydrogens (tertiary/aromatic N) is 1. The van der Waals surface area contributed by atoms with Gasteiger partial charge < -0.3 is 14.8 Å². The molecule has 6 rings (SSSR count). The van der Waals surface area contributed by atoms with E-state index in [1.165, 1.54) is 0 Å². The third kappa shape index (κ3) is 2.85. The summed E-state index contributed by atoms with van der Waals surface area (Å²) in [6.45, 7) is 0. The zero-order valence-corrected chi connectivity index (χ0v) is 16.7. The minimum absolute atomic E-state index is 0.0160. The van der Waals surface area contributed by atoms with Crippen molar-refractivity contribution in [1.29, 1.82) is 0 Å². The molecule has 2 aromatic carbocycles. The summed E-state index contributed by atoms with van der Waals surface area (Å²) < 4.78 is 5.61. The number of carbonyl (C=O) groups excluding carboxylic acids is 1. The fourth-order valence-corrected chi connectivity index (χ4v) is 5.05. The predicted octanol–water partition coefficient (Wildman–Crippen LogP) is 5.49. The van der Waals surface area contributed by atoms with Crippen molar-refractivity contribution < 1.29 is 14.3 Å². The second kappa shape index (κ2) is 6.84. The number of hydrogen-bond acceptors (Lipinski definition) is 5. The first-order chi connectivity index (χ1) is 15.2. The fourth-order valence-electron chi connectivity index (χ4n) is 5.05. The molecule has 2 N–H and O–H groups in total. The number of Topliss-reactive ketones (excluding diaryl/α,β-unsaturated/α-hetero) is 1. The number of rotatable bonds is 2. The Hall–Kier alpha value is -3.86. The van der Waals surface area contributed by atoms with Crippen LogP contribution in [0.15, 0.2) is 88.8 Å². The number of phenolic OH excluding ortho intramolecular Hbond substituents is 1. The van der Waals surface area contributed by atoms with Crippen LogP contribution in [-0.2, 0) is 4.79 Å². The van der Waals surface area contributed by atoms with Gasteiger partial charge in [-0.05, 0) is 60.0 Å². The van der Waals surface area contributed by atoms with E-state index in [4.69, 9.17) is 4.42 Å². The summed E-state index contributed by atoms with van der Waals surface area (Å²) in [4.78, 5) is 18.0. The van der Waals surface area contributed by atoms with Gasteiger partial charge in [0.1, 0.15) is 11.5 Å². The van der Waals surface area contributed by atoms with Gasteiger partial charge in [-0.25, -0.2) is 0 Å². The molecule has 2 aliphatic rings. The van der Waals surface area contributed by atoms with Gasteiger partial charge in [-0.1, -0.05) is 18.2 Å². The molecule has 2 atom stereocenters. The number of nitrogens with one attached hydrogen (secondary N) is 1. The monoisotopic (exact) mass is 408 g/mol. The number of fused-ring (bicyclic) bond motifs is 3. The van der Waals surface area contributed by atoms with E-state index in [1.54, 1.807) is 24.6 Å². The second-order valence-corrected chi connectivity index (χ2v) is 8.19. The summed E-state index contributed by atoms with van der Waals surface area (Å²) in [5.41, 5.74) is 5.49. The van der Waals surface area contributed by atoms with Gasteiger partial charge in [-0.15, -0.1) is 0 Å². The normalized spacial score (nSPS) is 20.3. The number of ketones is 1. The lowest BCUT2D eigenvalue weighted by Crippen LogP contribution is -2.29. The summed E-state index contributed by atoms with van der Waals surface area (Å²) in [6, 6.07) is 19.0. The Morgan fingerprint density at radius 2 is 1.97 bits per heavy atom. The Bertz CT molecular complexity index is 1350. The number of hydrogen-bond donors (Lipinski definition) is 2. The number of benzene rings is 2. The number of allylic oxidation sites excluding steroid dienone is 2. The number of phenols is 1. The van der Waals surface area contributed by atoms with Crippen LogP contribution in [0, 0.1) is 0 Å². The molecule has 31 heavy (non-hydrogen) atoms. The van der Waals surface area contributed by atoms with Crippen molar-refractivity contribution in [3.8, 4) is 5.75 Å². The molecule has 0 saturated carbocycles. The minimum atomic E-state index is -0.267. The third-order valence-corrected chi connectivity index (χ3v) is 6.35. The van der Waals surface area contributed by atoms with Crippen LogP contribution in [0.4, 0.5) is 5.69 Å². The Labute approximate surface area is 179 Å². The van der Waals surface area contributed by atoms with Crippen LogP contribution >= 0.6 is 0 Å². The number of anilines is 1. The SMILES string of the molecule is O=C1C[C@@H](c2ccco2)CC2=C1[C@H](c1cccc(O)c1)c1c(ccc3ncccc13)N2. The van der Waals surface area contributed by atoms with Crippen LogP contribution in [-0.4, -0.2) is 15.9 Å². The molecule has 0 saturated heterocycles. The van der Waals surface area contributed by atoms with E-state index in [1.807, 2.05) is 48.5 Å². The average molecular weight is 408 g/mol. The van der Waals surface area contributed by atoms with E-state index in [0.717, 1.165) is 44.7 Å². The molecule has 5 heteroatoms. The number of aromatic nitrogens is 1. The average Bonchev–Trinajstić information content (AvgIpc) is 3.32. The van der Waals surface area contributed by atoms with Gasteiger partial charge in [0.05, 0.1) is 11.8 Å². The lowest BCUT2D eigenvalue weighted by atomic mass is 9.72. The molecule has 0 unspecified atom stereocenters. The number of furan rings is 1. The minimum Gasteiger partial charge on any atom is -0.508 e. The zero-order valence-electron chi connectivity index (χ0n) is 16.7. The molecule has 3 heterocycles. The summed E-state index contributed by atoms with van der Waals surface area (Å²) in [5, 5.41) is 14.8. The van der Waals surface area contributed by atoms with Crippen molar-refractivity contribution >= 4 is 22.4 Å². The first-order valence-electron chi connectivity index (χ1n) is 10.4. The van der Waals surface area contributed by atoms with Crippen molar-refractivity contribution in [1.82, 2.24) is 4.98 Å². The summed E-state index contributed by atoms with van der Waals surface area (Å²) >= 11 is 0. The Kier molecular flexibility index (Phi) is 3.96. The van der Waals surface area contributed by atoms with Crippen LogP contribution in [0.5, 0.6) is 5.75 Å². The molecule has 0 fully saturated rings. The van der Waals surface area contributed by atoms with E-state index in [-0.39, 0.29) is 23.4 Å². The largest absolute Gasteiger partial charge is 0.508 e. The molecule has 5 nitrogen and oxygen atoms in total. The highest BCUT2D eigenvalue weighted by molar-refractivity contribution is 6.04. The summed E-state index contributed by atoms with van der Waals surface area (Å²) in [5.74, 6) is 0.882. The van der Waals surface area contributed by atoms with Gasteiger partial charge in [0.2, 0.25) is 0 Å². The van der Waals surface area contributed by atoms with Crippen molar-refractivity contribution in [3.05, 3.63) is 101 Å². The first kappa shape index (κ1) is 18.0. The molecule has 1 aliphatic carbocycles. The van der Waals surface area contributed by atoms with Gasteiger partial charge in [-0.3, -0.25) is 9.78 Å². The molecule has 0 amide bonds. The second-order valence-electron chi connectivity index (χ2n) is 8.19. The molecule has 2 aromatic heterocycles. The molecule has 4 aromatic rings. The van der Waals surface area contributed by atoms with Crippen LogP contribution in [0.2, 0.25) is 0 Å². The maximum absolute atomic E-state index is 13.5. The molecule has 0 bridgehead atoms. The quantitative estimate of drug-likeness (QED) is 0.459. The molecule has 1 aliphatic heterocycles. The van der Waals surface area contributed by atoms with E-state index in [2.05, 4.69) is 10.3 Å². The highest BCUT2D eigenvalue weighted by atomic mass is 16.3. The lowest BCUT2D eigenvalue weighted by molar-refractivity contribution is -0.116. The van der Waals surface area contributed by atoms with Crippen LogP contribution in [0.25, 0.3) is 10.9 Å². The highest BCUT2D eigenvalue weighted by Gasteiger charge is 2.39. The number of aromatic hydroxyl groups is 1. The maximum Gasteiger partial charge on any atom is 0.162 e. The van der Waals surface area contributed by atoms with Gasteiger partial charge in [0, 0.05) is 46.8 Å². The lowest BCUT2D eigenvalue weighted by Gasteiger charge is -2.36. The fraction of sp³-hybridized carbons (Fsp3) is 0.154. The summed E-state index contributed by atoms with van der Waals surface area (Å²) in [6.07, 6.45) is 4.54. The number of carbonyl (C=O) groups is 1. The standard InChI is InChI=1S/C26H20N2O3/c29-17-5-1-4-15(12-17)24-25-18-6-2-10-27-19(18)8-9-20(25)28-21-13-16(14-22(30)26(21)24)23-7-3-11-31-23/h1-12,16,24,28-29H,13-14H2/t16-,24+/m0/s1. The Morgan fingerprint density at radius 3 is 2.81 bits per heavy atom. The molecule has 152 valence electrons. The molecule has 0 spiro atoms. The van der Waals surface area contributed by atoms with Crippen molar-refractivity contribution in [2.45, 2.75) is 24.7 Å². The molecule has 0 radical (unpaired) electrons.